The number of halogens is 1. The summed E-state index contributed by atoms with van der Waals surface area (Å²) in [5.41, 5.74) is 3.03. The molecule has 0 radical (unpaired) electrons. The Bertz CT molecular complexity index is 1110. The Hall–Kier alpha value is -3.73. The van der Waals surface area contributed by atoms with Crippen LogP contribution in [0.2, 0.25) is 0 Å². The monoisotopic (exact) mass is 385 g/mol. The first-order chi connectivity index (χ1) is 14.2. The number of carbonyl (C=O) groups excluding carboxylic acids is 1. The maximum absolute atomic E-state index is 14.3. The van der Waals surface area contributed by atoms with Crippen molar-refractivity contribution >= 4 is 5.91 Å². The number of nitrogens with one attached hydrogen (secondary N) is 1. The fourth-order valence-corrected chi connectivity index (χ4v) is 3.17. The van der Waals surface area contributed by atoms with Crippen LogP contribution in [0.15, 0.2) is 91.0 Å². The molecule has 0 unspecified atom stereocenters. The second-order valence-corrected chi connectivity index (χ2v) is 6.63. The van der Waals surface area contributed by atoms with E-state index in [2.05, 4.69) is 10.4 Å². The minimum absolute atomic E-state index is 0.250. The fourth-order valence-electron chi connectivity index (χ4n) is 3.17. The number of hydrogen-bond acceptors (Lipinski definition) is 2. The smallest absolute Gasteiger partial charge is 0.270 e. The predicted octanol–water partition coefficient (Wildman–Crippen LogP) is 4.65. The first-order valence-electron chi connectivity index (χ1n) is 9.45. The first-order valence-corrected chi connectivity index (χ1v) is 9.45. The summed E-state index contributed by atoms with van der Waals surface area (Å²) in [5, 5.41) is 7.46. The normalized spacial score (nSPS) is 10.7. The fraction of sp³-hybridized carbons (Fsp3) is 0.0833. The number of nitrogens with zero attached hydrogens (tertiary/aromatic N) is 2. The highest BCUT2D eigenvalue weighted by molar-refractivity contribution is 5.94. The number of para-hydroxylation sites is 1. The summed E-state index contributed by atoms with van der Waals surface area (Å²) in [6.07, 6.45) is 0.728. The minimum atomic E-state index is -0.374. The van der Waals surface area contributed by atoms with E-state index in [0.717, 1.165) is 17.7 Å². The molecule has 144 valence electrons. The number of benzene rings is 3. The molecule has 0 saturated heterocycles. The molecule has 4 aromatic rings. The van der Waals surface area contributed by atoms with E-state index in [-0.39, 0.29) is 11.7 Å². The van der Waals surface area contributed by atoms with Gasteiger partial charge in [0.15, 0.2) is 0 Å². The molecular formula is C24H20FN3O. The van der Waals surface area contributed by atoms with Gasteiger partial charge in [0, 0.05) is 12.1 Å². The summed E-state index contributed by atoms with van der Waals surface area (Å²) in [6, 6.07) is 27.4. The molecule has 29 heavy (non-hydrogen) atoms. The minimum Gasteiger partial charge on any atom is -0.350 e. The zero-order chi connectivity index (χ0) is 20.1. The van der Waals surface area contributed by atoms with Crippen molar-refractivity contribution in [1.82, 2.24) is 15.1 Å². The Morgan fingerprint density at radius 2 is 1.55 bits per heavy atom. The molecule has 1 heterocycles. The van der Waals surface area contributed by atoms with Crippen molar-refractivity contribution in [1.29, 1.82) is 0 Å². The lowest BCUT2D eigenvalue weighted by Crippen LogP contribution is -2.27. The summed E-state index contributed by atoms with van der Waals surface area (Å²) in [7, 11) is 0. The number of hydrogen-bond donors (Lipinski definition) is 1. The highest BCUT2D eigenvalue weighted by atomic mass is 19.1. The SMILES string of the molecule is O=C(NCCc1ccccc1)c1cc(-c2ccccc2F)nn1-c1ccccc1. The molecule has 0 bridgehead atoms. The zero-order valence-corrected chi connectivity index (χ0v) is 15.8. The predicted molar refractivity (Wildman–Crippen MR) is 111 cm³/mol. The van der Waals surface area contributed by atoms with Crippen LogP contribution in [-0.2, 0) is 6.42 Å². The van der Waals surface area contributed by atoms with Gasteiger partial charge in [0.25, 0.3) is 5.91 Å². The van der Waals surface area contributed by atoms with Gasteiger partial charge >= 0.3 is 0 Å². The van der Waals surface area contributed by atoms with Crippen molar-refractivity contribution in [2.45, 2.75) is 6.42 Å². The van der Waals surface area contributed by atoms with E-state index in [0.29, 0.717) is 23.5 Å². The molecule has 1 aromatic heterocycles. The van der Waals surface area contributed by atoms with Crippen molar-refractivity contribution in [3.05, 3.63) is 108 Å². The van der Waals surface area contributed by atoms with Crippen LogP contribution in [0.5, 0.6) is 0 Å². The molecule has 4 nitrogen and oxygen atoms in total. The number of aromatic nitrogens is 2. The van der Waals surface area contributed by atoms with E-state index in [9.17, 15) is 9.18 Å². The van der Waals surface area contributed by atoms with Crippen LogP contribution in [0.25, 0.3) is 16.9 Å². The highest BCUT2D eigenvalue weighted by Gasteiger charge is 2.18. The van der Waals surface area contributed by atoms with Crippen LogP contribution in [-0.4, -0.2) is 22.2 Å². The summed E-state index contributed by atoms with van der Waals surface area (Å²) >= 11 is 0. The highest BCUT2D eigenvalue weighted by Crippen LogP contribution is 2.24. The van der Waals surface area contributed by atoms with Gasteiger partial charge < -0.3 is 5.32 Å². The molecule has 1 amide bonds. The van der Waals surface area contributed by atoms with Crippen LogP contribution in [0.1, 0.15) is 16.1 Å². The lowest BCUT2D eigenvalue weighted by molar-refractivity contribution is 0.0946. The van der Waals surface area contributed by atoms with E-state index >= 15 is 0 Å². The third-order valence-electron chi connectivity index (χ3n) is 4.63. The second kappa shape index (κ2) is 8.52. The van der Waals surface area contributed by atoms with Crippen molar-refractivity contribution < 1.29 is 9.18 Å². The first kappa shape index (κ1) is 18.6. The maximum Gasteiger partial charge on any atom is 0.270 e. The summed E-state index contributed by atoms with van der Waals surface area (Å²) < 4.78 is 15.8. The van der Waals surface area contributed by atoms with Crippen molar-refractivity contribution in [3.8, 4) is 16.9 Å². The van der Waals surface area contributed by atoms with E-state index in [1.165, 1.54) is 6.07 Å². The zero-order valence-electron chi connectivity index (χ0n) is 15.8. The Morgan fingerprint density at radius 3 is 2.28 bits per heavy atom. The van der Waals surface area contributed by atoms with E-state index in [1.54, 1.807) is 28.9 Å². The van der Waals surface area contributed by atoms with Gasteiger partial charge in [0.05, 0.1) is 11.4 Å². The topological polar surface area (TPSA) is 46.9 Å². The van der Waals surface area contributed by atoms with Crippen LogP contribution in [0.3, 0.4) is 0 Å². The number of rotatable bonds is 6. The summed E-state index contributed by atoms with van der Waals surface area (Å²) in [5.74, 6) is -0.624. The molecule has 0 saturated carbocycles. The lowest BCUT2D eigenvalue weighted by atomic mass is 10.1. The van der Waals surface area contributed by atoms with Gasteiger partial charge in [-0.25, -0.2) is 9.07 Å². The lowest BCUT2D eigenvalue weighted by Gasteiger charge is -2.08. The quantitative estimate of drug-likeness (QED) is 0.525. The van der Waals surface area contributed by atoms with Crippen molar-refractivity contribution in [2.24, 2.45) is 0 Å². The van der Waals surface area contributed by atoms with Gasteiger partial charge in [-0.05, 0) is 42.3 Å². The number of carbonyl (C=O) groups is 1. The van der Waals surface area contributed by atoms with Gasteiger partial charge in [0.1, 0.15) is 11.5 Å². The standard InChI is InChI=1S/C24H20FN3O/c25-21-14-8-7-13-20(21)22-17-23(28(27-22)19-11-5-2-6-12-19)24(29)26-16-15-18-9-3-1-4-10-18/h1-14,17H,15-16H2,(H,26,29). The van der Waals surface area contributed by atoms with Crippen LogP contribution in [0, 0.1) is 5.82 Å². The second-order valence-electron chi connectivity index (χ2n) is 6.63. The maximum atomic E-state index is 14.3. The average molecular weight is 385 g/mol. The largest absolute Gasteiger partial charge is 0.350 e. The molecule has 0 spiro atoms. The van der Waals surface area contributed by atoms with Gasteiger partial charge in [-0.15, -0.1) is 0 Å². The third-order valence-corrected chi connectivity index (χ3v) is 4.63. The molecule has 3 aromatic carbocycles. The molecule has 0 aliphatic carbocycles. The van der Waals surface area contributed by atoms with Gasteiger partial charge in [-0.1, -0.05) is 60.7 Å². The Balaban J connectivity index is 1.62. The molecule has 1 N–H and O–H groups in total. The molecule has 0 fully saturated rings. The van der Waals surface area contributed by atoms with Gasteiger partial charge in [0.2, 0.25) is 0 Å². The van der Waals surface area contributed by atoms with E-state index in [4.69, 9.17) is 0 Å². The molecule has 0 aliphatic heterocycles. The Labute approximate surface area is 168 Å². The Kier molecular flexibility index (Phi) is 5.47. The van der Waals surface area contributed by atoms with Crippen molar-refractivity contribution in [2.75, 3.05) is 6.54 Å². The van der Waals surface area contributed by atoms with Gasteiger partial charge in [-0.2, -0.15) is 5.10 Å². The summed E-state index contributed by atoms with van der Waals surface area (Å²) in [6.45, 7) is 0.498. The molecule has 0 atom stereocenters. The molecule has 4 rings (SSSR count). The summed E-state index contributed by atoms with van der Waals surface area (Å²) in [4.78, 5) is 12.9. The van der Waals surface area contributed by atoms with Gasteiger partial charge in [-0.3, -0.25) is 4.79 Å². The molecular weight excluding hydrogens is 365 g/mol. The van der Waals surface area contributed by atoms with E-state index < -0.39 is 0 Å². The van der Waals surface area contributed by atoms with Crippen LogP contribution < -0.4 is 5.32 Å². The van der Waals surface area contributed by atoms with E-state index in [1.807, 2.05) is 60.7 Å². The average Bonchev–Trinajstić information content (AvgIpc) is 3.21. The van der Waals surface area contributed by atoms with Crippen LogP contribution in [0.4, 0.5) is 4.39 Å². The molecule has 0 aliphatic rings. The van der Waals surface area contributed by atoms with Crippen molar-refractivity contribution in [3.63, 3.8) is 0 Å². The van der Waals surface area contributed by atoms with Crippen LogP contribution >= 0.6 is 0 Å². The Morgan fingerprint density at radius 1 is 0.897 bits per heavy atom. The number of amides is 1. The third kappa shape index (κ3) is 4.24. The molecule has 5 heteroatoms.